The van der Waals surface area contributed by atoms with Crippen LogP contribution < -0.4 is 10.0 Å². The minimum absolute atomic E-state index is 0.0204. The molecule has 1 amide bonds. The zero-order chi connectivity index (χ0) is 21.9. The number of benzene rings is 1. The Morgan fingerprint density at radius 1 is 1.03 bits per heavy atom. The van der Waals surface area contributed by atoms with Crippen LogP contribution in [0.2, 0.25) is 0 Å². The van der Waals surface area contributed by atoms with Crippen LogP contribution in [0.4, 0.5) is 0 Å². The number of hydrogen-bond donors (Lipinski definition) is 2. The van der Waals surface area contributed by atoms with Crippen LogP contribution >= 0.6 is 0 Å². The van der Waals surface area contributed by atoms with Gasteiger partial charge in [-0.2, -0.15) is 4.31 Å². The third-order valence-electron chi connectivity index (χ3n) is 5.66. The molecule has 2 unspecified atom stereocenters. The summed E-state index contributed by atoms with van der Waals surface area (Å²) in [5, 5.41) is 2.89. The quantitative estimate of drug-likeness (QED) is 0.550. The first-order valence-corrected chi connectivity index (χ1v) is 13.5. The van der Waals surface area contributed by atoms with Gasteiger partial charge in [-0.15, -0.1) is 0 Å². The molecule has 0 radical (unpaired) electrons. The topological polar surface area (TPSA) is 113 Å². The van der Waals surface area contributed by atoms with E-state index in [0.717, 1.165) is 25.7 Å². The fraction of sp³-hybridized carbons (Fsp3) is 0.650. The van der Waals surface area contributed by atoms with E-state index in [1.165, 1.54) is 28.6 Å². The van der Waals surface area contributed by atoms with Gasteiger partial charge in [-0.3, -0.25) is 4.79 Å². The van der Waals surface area contributed by atoms with Gasteiger partial charge in [0.25, 0.3) is 0 Å². The lowest BCUT2D eigenvalue weighted by atomic mass is 9.94. The Morgan fingerprint density at radius 2 is 1.67 bits per heavy atom. The first kappa shape index (κ1) is 23.2. The van der Waals surface area contributed by atoms with Gasteiger partial charge in [-0.05, 0) is 63.3 Å². The van der Waals surface area contributed by atoms with Gasteiger partial charge in [0.15, 0.2) is 0 Å². The lowest BCUT2D eigenvalue weighted by molar-refractivity contribution is -0.126. The molecular weight excluding hydrogens is 426 g/mol. The monoisotopic (exact) mass is 457 g/mol. The van der Waals surface area contributed by atoms with Crippen LogP contribution in [-0.4, -0.2) is 52.2 Å². The molecule has 1 saturated carbocycles. The number of nitrogens with one attached hydrogen (secondary N) is 2. The zero-order valence-electron chi connectivity index (χ0n) is 17.5. The van der Waals surface area contributed by atoms with Gasteiger partial charge in [0.05, 0.1) is 15.7 Å². The Kier molecular flexibility index (Phi) is 7.21. The van der Waals surface area contributed by atoms with Crippen molar-refractivity contribution in [2.45, 2.75) is 74.2 Å². The number of rotatable bonds is 9. The summed E-state index contributed by atoms with van der Waals surface area (Å²) in [7, 11) is -7.48. The molecule has 2 atom stereocenters. The molecule has 1 aromatic rings. The number of hydrogen-bond acceptors (Lipinski definition) is 5. The Balaban J connectivity index is 1.73. The molecule has 10 heteroatoms. The van der Waals surface area contributed by atoms with Gasteiger partial charge >= 0.3 is 0 Å². The van der Waals surface area contributed by atoms with Crippen molar-refractivity contribution in [3.63, 3.8) is 0 Å². The standard InChI is InChI=1S/C20H31N3O5S2/c1-3-4-13-21-20(24)16-6-5-15(2)23(14-16)30(27,28)19-11-9-18(10-12-19)29(25,26)22-17-7-8-17/h9-12,15-17,22H,3-8,13-14H2,1-2H3,(H,21,24). The maximum Gasteiger partial charge on any atom is 0.243 e. The summed E-state index contributed by atoms with van der Waals surface area (Å²) in [6, 6.07) is 5.05. The maximum absolute atomic E-state index is 13.2. The van der Waals surface area contributed by atoms with E-state index < -0.39 is 20.0 Å². The van der Waals surface area contributed by atoms with Crippen LogP contribution in [0.15, 0.2) is 34.1 Å². The first-order chi connectivity index (χ1) is 14.1. The van der Waals surface area contributed by atoms with E-state index >= 15 is 0 Å². The van der Waals surface area contributed by atoms with E-state index in [0.29, 0.717) is 19.4 Å². The number of amides is 1. The summed E-state index contributed by atoms with van der Waals surface area (Å²) in [4.78, 5) is 12.5. The number of carbonyl (C=O) groups excluding carboxylic acids is 1. The number of carbonyl (C=O) groups is 1. The van der Waals surface area contributed by atoms with E-state index in [1.807, 2.05) is 13.8 Å². The van der Waals surface area contributed by atoms with Crippen LogP contribution in [0.25, 0.3) is 0 Å². The van der Waals surface area contributed by atoms with Crippen LogP contribution in [0, 0.1) is 5.92 Å². The second-order valence-electron chi connectivity index (χ2n) is 8.21. The molecule has 168 valence electrons. The van der Waals surface area contributed by atoms with Gasteiger partial charge in [-0.25, -0.2) is 21.6 Å². The van der Waals surface area contributed by atoms with E-state index in [4.69, 9.17) is 0 Å². The molecule has 1 aromatic carbocycles. The van der Waals surface area contributed by atoms with Gasteiger partial charge in [-0.1, -0.05) is 13.3 Å². The molecule has 2 aliphatic rings. The van der Waals surface area contributed by atoms with Crippen LogP contribution in [0.1, 0.15) is 52.4 Å². The maximum atomic E-state index is 13.2. The summed E-state index contributed by atoms with van der Waals surface area (Å²) in [5.74, 6) is -0.488. The molecule has 1 aliphatic heterocycles. The lowest BCUT2D eigenvalue weighted by Crippen LogP contribution is -2.49. The Labute approximate surface area is 179 Å². The van der Waals surface area contributed by atoms with Crippen molar-refractivity contribution in [1.29, 1.82) is 0 Å². The number of unbranched alkanes of at least 4 members (excludes halogenated alkanes) is 1. The highest BCUT2D eigenvalue weighted by molar-refractivity contribution is 7.89. The molecule has 2 N–H and O–H groups in total. The van der Waals surface area contributed by atoms with Gasteiger partial charge in [0.2, 0.25) is 26.0 Å². The number of piperidine rings is 1. The molecule has 1 saturated heterocycles. The molecule has 1 heterocycles. The normalized spacial score (nSPS) is 23.3. The Bertz CT molecular complexity index is 957. The number of nitrogens with zero attached hydrogens (tertiary/aromatic N) is 1. The van der Waals surface area contributed by atoms with Crippen LogP contribution in [-0.2, 0) is 24.8 Å². The molecule has 30 heavy (non-hydrogen) atoms. The Morgan fingerprint density at radius 3 is 2.27 bits per heavy atom. The predicted molar refractivity (Wildman–Crippen MR) is 114 cm³/mol. The third-order valence-corrected chi connectivity index (χ3v) is 9.20. The van der Waals surface area contributed by atoms with Crippen molar-refractivity contribution < 1.29 is 21.6 Å². The van der Waals surface area contributed by atoms with Crippen molar-refractivity contribution in [3.8, 4) is 0 Å². The van der Waals surface area contributed by atoms with Crippen molar-refractivity contribution in [2.75, 3.05) is 13.1 Å². The van der Waals surface area contributed by atoms with Crippen LogP contribution in [0.3, 0.4) is 0 Å². The average molecular weight is 458 g/mol. The van der Waals surface area contributed by atoms with E-state index in [9.17, 15) is 21.6 Å². The van der Waals surface area contributed by atoms with Gasteiger partial charge in [0, 0.05) is 25.2 Å². The van der Waals surface area contributed by atoms with Crippen molar-refractivity contribution >= 4 is 26.0 Å². The molecule has 1 aliphatic carbocycles. The van der Waals surface area contributed by atoms with Crippen molar-refractivity contribution in [1.82, 2.24) is 14.3 Å². The summed E-state index contributed by atoms with van der Waals surface area (Å²) in [5.41, 5.74) is 0. The fourth-order valence-corrected chi connectivity index (χ4v) is 6.58. The lowest BCUT2D eigenvalue weighted by Gasteiger charge is -2.36. The van der Waals surface area contributed by atoms with Crippen molar-refractivity contribution in [2.24, 2.45) is 5.92 Å². The molecule has 0 spiro atoms. The van der Waals surface area contributed by atoms with E-state index in [2.05, 4.69) is 10.0 Å². The molecule has 2 fully saturated rings. The summed E-state index contributed by atoms with van der Waals surface area (Å²) >= 11 is 0. The average Bonchev–Trinajstić information content (AvgIpc) is 3.51. The number of sulfonamides is 2. The summed E-state index contributed by atoms with van der Waals surface area (Å²) in [6.07, 6.45) is 4.77. The minimum Gasteiger partial charge on any atom is -0.356 e. The SMILES string of the molecule is CCCCNC(=O)C1CCC(C)N(S(=O)(=O)c2ccc(S(=O)(=O)NC3CC3)cc2)C1. The summed E-state index contributed by atoms with van der Waals surface area (Å²) < 4.78 is 55.0. The predicted octanol–water partition coefficient (Wildman–Crippen LogP) is 1.83. The highest BCUT2D eigenvalue weighted by Crippen LogP contribution is 2.29. The minimum atomic E-state index is -3.84. The highest BCUT2D eigenvalue weighted by atomic mass is 32.2. The zero-order valence-corrected chi connectivity index (χ0v) is 19.1. The third kappa shape index (κ3) is 5.40. The molecule has 0 aromatic heterocycles. The molecule has 0 bridgehead atoms. The van der Waals surface area contributed by atoms with E-state index in [-0.39, 0.29) is 40.2 Å². The fourth-order valence-electron chi connectivity index (χ4n) is 3.57. The van der Waals surface area contributed by atoms with Gasteiger partial charge in [0.1, 0.15) is 0 Å². The largest absolute Gasteiger partial charge is 0.356 e. The molecular formula is C20H31N3O5S2. The smallest absolute Gasteiger partial charge is 0.243 e. The van der Waals surface area contributed by atoms with Crippen molar-refractivity contribution in [3.05, 3.63) is 24.3 Å². The van der Waals surface area contributed by atoms with E-state index in [1.54, 1.807) is 0 Å². The Hall–Kier alpha value is -1.49. The molecule has 3 rings (SSSR count). The molecule has 8 nitrogen and oxygen atoms in total. The summed E-state index contributed by atoms with van der Waals surface area (Å²) in [6.45, 7) is 4.60. The second kappa shape index (κ2) is 9.33. The van der Waals surface area contributed by atoms with Gasteiger partial charge < -0.3 is 5.32 Å². The second-order valence-corrected chi connectivity index (χ2v) is 11.8. The first-order valence-electron chi connectivity index (χ1n) is 10.6. The highest BCUT2D eigenvalue weighted by Gasteiger charge is 2.37. The van der Waals surface area contributed by atoms with Crippen LogP contribution in [0.5, 0.6) is 0 Å².